The highest BCUT2D eigenvalue weighted by atomic mass is 79.9. The van der Waals surface area contributed by atoms with E-state index in [1.54, 1.807) is 12.3 Å². The second-order valence-corrected chi connectivity index (χ2v) is 8.11. The summed E-state index contributed by atoms with van der Waals surface area (Å²) in [5, 5.41) is 12.1. The van der Waals surface area contributed by atoms with E-state index in [-0.39, 0.29) is 11.7 Å². The van der Waals surface area contributed by atoms with Crippen molar-refractivity contribution in [1.29, 1.82) is 0 Å². The van der Waals surface area contributed by atoms with E-state index in [9.17, 15) is 4.79 Å². The molecular formula is C21H17BrN4O2S. The summed E-state index contributed by atoms with van der Waals surface area (Å²) in [4.78, 5) is 12.5. The first kappa shape index (κ1) is 19.5. The van der Waals surface area contributed by atoms with Crippen LogP contribution in [0.3, 0.4) is 0 Å². The molecule has 0 radical (unpaired) electrons. The average Bonchev–Trinajstić information content (AvgIpc) is 3.38. The molecule has 4 aromatic rings. The maximum atomic E-state index is 12.5. The van der Waals surface area contributed by atoms with E-state index in [0.29, 0.717) is 16.7 Å². The Labute approximate surface area is 180 Å². The number of hydrogen-bond acceptors (Lipinski definition) is 5. The van der Waals surface area contributed by atoms with Gasteiger partial charge in [0.15, 0.2) is 10.9 Å². The highest BCUT2D eigenvalue weighted by Gasteiger charge is 2.19. The van der Waals surface area contributed by atoms with Crippen molar-refractivity contribution >= 4 is 39.3 Å². The number of anilines is 1. The molecule has 0 saturated carbocycles. The predicted octanol–water partition coefficient (Wildman–Crippen LogP) is 5.33. The molecule has 0 bridgehead atoms. The number of hydrogen-bond donors (Lipinski definition) is 1. The summed E-state index contributed by atoms with van der Waals surface area (Å²) in [5.74, 6) is 1.30. The molecule has 4 rings (SSSR count). The molecule has 0 fully saturated rings. The van der Waals surface area contributed by atoms with Gasteiger partial charge in [0.05, 0.1) is 12.0 Å². The van der Waals surface area contributed by atoms with E-state index in [2.05, 4.69) is 31.4 Å². The lowest BCUT2D eigenvalue weighted by Crippen LogP contribution is -2.15. The lowest BCUT2D eigenvalue weighted by atomic mass is 10.2. The Morgan fingerprint density at radius 2 is 1.97 bits per heavy atom. The van der Waals surface area contributed by atoms with Crippen LogP contribution in [0.15, 0.2) is 81.0 Å². The number of carbonyl (C=O) groups is 1. The second kappa shape index (κ2) is 8.67. The van der Waals surface area contributed by atoms with Crippen LogP contribution in [0, 0.1) is 6.92 Å². The molecule has 8 heteroatoms. The van der Waals surface area contributed by atoms with Crippen LogP contribution < -0.4 is 5.32 Å². The SMILES string of the molecule is Cc1cc(Br)ccc1NC(=O)CSc1nnc(-c2ccco2)n1-c1ccccc1. The number of rotatable bonds is 6. The summed E-state index contributed by atoms with van der Waals surface area (Å²) in [5.41, 5.74) is 2.68. The van der Waals surface area contributed by atoms with E-state index >= 15 is 0 Å². The van der Waals surface area contributed by atoms with Crippen molar-refractivity contribution in [1.82, 2.24) is 14.8 Å². The molecule has 0 saturated heterocycles. The minimum absolute atomic E-state index is 0.109. The maximum absolute atomic E-state index is 12.5. The summed E-state index contributed by atoms with van der Waals surface area (Å²) < 4.78 is 8.37. The molecule has 0 unspecified atom stereocenters. The first-order chi connectivity index (χ1) is 14.1. The highest BCUT2D eigenvalue weighted by Crippen LogP contribution is 2.28. The topological polar surface area (TPSA) is 73.0 Å². The van der Waals surface area contributed by atoms with Crippen LogP contribution in [0.25, 0.3) is 17.3 Å². The van der Waals surface area contributed by atoms with Gasteiger partial charge < -0.3 is 9.73 Å². The number of aryl methyl sites for hydroxylation is 1. The minimum Gasteiger partial charge on any atom is -0.461 e. The van der Waals surface area contributed by atoms with Gasteiger partial charge in [0.1, 0.15) is 0 Å². The highest BCUT2D eigenvalue weighted by molar-refractivity contribution is 9.10. The van der Waals surface area contributed by atoms with Crippen LogP contribution in [-0.2, 0) is 4.79 Å². The fraction of sp³-hybridized carbons (Fsp3) is 0.0952. The molecule has 1 amide bonds. The number of nitrogens with one attached hydrogen (secondary N) is 1. The standard InChI is InChI=1S/C21H17BrN4O2S/c1-14-12-15(22)9-10-17(14)23-19(27)13-29-21-25-24-20(18-8-5-11-28-18)26(21)16-6-3-2-4-7-16/h2-12H,13H2,1H3,(H,23,27). The number of amides is 1. The quantitative estimate of drug-likeness (QED) is 0.387. The van der Waals surface area contributed by atoms with Crippen LogP contribution in [0.5, 0.6) is 0 Å². The smallest absolute Gasteiger partial charge is 0.234 e. The molecule has 0 aliphatic rings. The first-order valence-corrected chi connectivity index (χ1v) is 10.6. The molecular weight excluding hydrogens is 452 g/mol. The summed E-state index contributed by atoms with van der Waals surface area (Å²) >= 11 is 4.75. The van der Waals surface area contributed by atoms with Gasteiger partial charge in [-0.25, -0.2) is 0 Å². The number of nitrogens with zero attached hydrogens (tertiary/aromatic N) is 3. The molecule has 0 spiro atoms. The van der Waals surface area contributed by atoms with Crippen molar-refractivity contribution < 1.29 is 9.21 Å². The number of halogens is 1. The zero-order valence-corrected chi connectivity index (χ0v) is 17.9. The Morgan fingerprint density at radius 1 is 1.14 bits per heavy atom. The maximum Gasteiger partial charge on any atom is 0.234 e. The van der Waals surface area contributed by atoms with E-state index in [4.69, 9.17) is 4.42 Å². The number of para-hydroxylation sites is 1. The third-order valence-electron chi connectivity index (χ3n) is 4.18. The molecule has 0 aliphatic heterocycles. The van der Waals surface area contributed by atoms with Gasteiger partial charge in [0.25, 0.3) is 0 Å². The third kappa shape index (κ3) is 4.44. The third-order valence-corrected chi connectivity index (χ3v) is 5.61. The van der Waals surface area contributed by atoms with E-state index < -0.39 is 0 Å². The van der Waals surface area contributed by atoms with Crippen molar-refractivity contribution in [3.05, 3.63) is 77.0 Å². The Hall–Kier alpha value is -2.84. The molecule has 2 aromatic heterocycles. The molecule has 0 aliphatic carbocycles. The number of carbonyl (C=O) groups excluding carboxylic acids is 1. The van der Waals surface area contributed by atoms with Crippen LogP contribution in [0.1, 0.15) is 5.56 Å². The molecule has 0 atom stereocenters. The summed E-state index contributed by atoms with van der Waals surface area (Å²) in [6.45, 7) is 1.95. The van der Waals surface area contributed by atoms with Gasteiger partial charge >= 0.3 is 0 Å². The largest absolute Gasteiger partial charge is 0.461 e. The Balaban J connectivity index is 1.55. The van der Waals surface area contributed by atoms with Gasteiger partial charge in [-0.3, -0.25) is 9.36 Å². The van der Waals surface area contributed by atoms with Gasteiger partial charge in [0, 0.05) is 15.8 Å². The Kier molecular flexibility index (Phi) is 5.82. The number of thioether (sulfide) groups is 1. The fourth-order valence-corrected chi connectivity index (χ4v) is 4.05. The fourth-order valence-electron chi connectivity index (χ4n) is 2.82. The van der Waals surface area contributed by atoms with Gasteiger partial charge in [0.2, 0.25) is 11.7 Å². The number of furan rings is 1. The van der Waals surface area contributed by atoms with Crippen molar-refractivity contribution in [2.75, 3.05) is 11.1 Å². The van der Waals surface area contributed by atoms with Crippen molar-refractivity contribution in [2.45, 2.75) is 12.1 Å². The number of aromatic nitrogens is 3. The van der Waals surface area contributed by atoms with Gasteiger partial charge in [-0.05, 0) is 55.0 Å². The Morgan fingerprint density at radius 3 is 2.69 bits per heavy atom. The normalized spacial score (nSPS) is 10.8. The van der Waals surface area contributed by atoms with Crippen molar-refractivity contribution in [3.63, 3.8) is 0 Å². The molecule has 6 nitrogen and oxygen atoms in total. The molecule has 146 valence electrons. The van der Waals surface area contributed by atoms with Gasteiger partial charge in [-0.15, -0.1) is 10.2 Å². The van der Waals surface area contributed by atoms with E-state index in [0.717, 1.165) is 21.4 Å². The van der Waals surface area contributed by atoms with E-state index in [1.807, 2.05) is 66.1 Å². The summed E-state index contributed by atoms with van der Waals surface area (Å²) in [6.07, 6.45) is 1.60. The Bertz CT molecular complexity index is 1130. The first-order valence-electron chi connectivity index (χ1n) is 8.85. The van der Waals surface area contributed by atoms with Crippen LogP contribution in [0.2, 0.25) is 0 Å². The van der Waals surface area contributed by atoms with Gasteiger partial charge in [-0.1, -0.05) is 45.9 Å². The summed E-state index contributed by atoms with van der Waals surface area (Å²) in [7, 11) is 0. The molecule has 2 aromatic carbocycles. The van der Waals surface area contributed by atoms with Crippen LogP contribution >= 0.6 is 27.7 Å². The summed E-state index contributed by atoms with van der Waals surface area (Å²) in [6, 6.07) is 19.1. The van der Waals surface area contributed by atoms with Crippen molar-refractivity contribution in [3.8, 4) is 17.3 Å². The predicted molar refractivity (Wildman–Crippen MR) is 117 cm³/mol. The average molecular weight is 469 g/mol. The van der Waals surface area contributed by atoms with Crippen LogP contribution in [0.4, 0.5) is 5.69 Å². The van der Waals surface area contributed by atoms with Crippen LogP contribution in [-0.4, -0.2) is 26.4 Å². The number of benzene rings is 2. The molecule has 1 N–H and O–H groups in total. The van der Waals surface area contributed by atoms with E-state index in [1.165, 1.54) is 11.8 Å². The zero-order valence-electron chi connectivity index (χ0n) is 15.5. The monoisotopic (exact) mass is 468 g/mol. The second-order valence-electron chi connectivity index (χ2n) is 6.25. The lowest BCUT2D eigenvalue weighted by Gasteiger charge is -2.10. The minimum atomic E-state index is -0.109. The van der Waals surface area contributed by atoms with Gasteiger partial charge in [-0.2, -0.15) is 0 Å². The van der Waals surface area contributed by atoms with Crippen molar-refractivity contribution in [2.24, 2.45) is 0 Å². The molecule has 29 heavy (non-hydrogen) atoms. The molecule has 2 heterocycles. The lowest BCUT2D eigenvalue weighted by molar-refractivity contribution is -0.113. The zero-order chi connectivity index (χ0) is 20.2.